The van der Waals surface area contributed by atoms with Crippen LogP contribution in [0.3, 0.4) is 0 Å². The number of thiophene rings is 1. The lowest BCUT2D eigenvalue weighted by atomic mass is 10.2. The van der Waals surface area contributed by atoms with E-state index in [2.05, 4.69) is 16.9 Å². The minimum Gasteiger partial charge on any atom is -0.298 e. The zero-order valence-corrected chi connectivity index (χ0v) is 15.0. The third-order valence-corrected chi connectivity index (χ3v) is 6.03. The molecule has 0 aliphatic heterocycles. The molecule has 3 aromatic heterocycles. The average Bonchev–Trinajstić information content (AvgIpc) is 3.13. The van der Waals surface area contributed by atoms with Gasteiger partial charge in [-0.3, -0.25) is 9.36 Å². The van der Waals surface area contributed by atoms with Crippen LogP contribution >= 0.6 is 11.3 Å². The third-order valence-electron chi connectivity index (χ3n) is 4.92. The molecule has 0 aromatic carbocycles. The number of rotatable bonds is 3. The van der Waals surface area contributed by atoms with E-state index in [0.29, 0.717) is 13.0 Å². The summed E-state index contributed by atoms with van der Waals surface area (Å²) in [5.41, 5.74) is 4.70. The van der Waals surface area contributed by atoms with Gasteiger partial charge < -0.3 is 0 Å². The molecule has 3 aromatic rings. The Labute approximate surface area is 144 Å². The van der Waals surface area contributed by atoms with E-state index in [-0.39, 0.29) is 5.56 Å². The van der Waals surface area contributed by atoms with Crippen LogP contribution in [0.2, 0.25) is 0 Å². The van der Waals surface area contributed by atoms with E-state index in [1.807, 2.05) is 13.8 Å². The van der Waals surface area contributed by atoms with Crippen molar-refractivity contribution in [2.45, 2.75) is 53.0 Å². The van der Waals surface area contributed by atoms with Crippen molar-refractivity contribution in [3.8, 4) is 0 Å². The van der Waals surface area contributed by atoms with Gasteiger partial charge in [0.2, 0.25) is 0 Å². The van der Waals surface area contributed by atoms with Crippen molar-refractivity contribution < 1.29 is 0 Å². The van der Waals surface area contributed by atoms with Crippen molar-refractivity contribution >= 4 is 21.6 Å². The van der Waals surface area contributed by atoms with Gasteiger partial charge in [-0.25, -0.2) is 15.0 Å². The lowest BCUT2D eigenvalue weighted by Gasteiger charge is -2.08. The highest BCUT2D eigenvalue weighted by molar-refractivity contribution is 7.18. The minimum absolute atomic E-state index is 0.0414. The van der Waals surface area contributed by atoms with Gasteiger partial charge in [0.1, 0.15) is 10.7 Å². The molecule has 0 spiro atoms. The predicted molar refractivity (Wildman–Crippen MR) is 95.9 cm³/mol. The van der Waals surface area contributed by atoms with E-state index >= 15 is 0 Å². The molecule has 124 valence electrons. The summed E-state index contributed by atoms with van der Waals surface area (Å²) in [4.78, 5) is 28.5. The van der Waals surface area contributed by atoms with Crippen molar-refractivity contribution in [2.75, 3.05) is 0 Å². The molecule has 0 fully saturated rings. The van der Waals surface area contributed by atoms with Crippen LogP contribution in [0, 0.1) is 20.8 Å². The van der Waals surface area contributed by atoms with E-state index in [9.17, 15) is 4.79 Å². The quantitative estimate of drug-likeness (QED) is 0.735. The SMILES string of the molecule is Cc1nc(CCn2cnc3sc(C)c(C)c3c2=O)nc2c1CCC2. The van der Waals surface area contributed by atoms with Gasteiger partial charge in [0.05, 0.1) is 11.7 Å². The molecule has 6 heteroatoms. The second-order valence-electron chi connectivity index (χ2n) is 6.46. The molecule has 4 rings (SSSR count). The Kier molecular flexibility index (Phi) is 3.72. The predicted octanol–water partition coefficient (Wildman–Crippen LogP) is 2.90. The summed E-state index contributed by atoms with van der Waals surface area (Å²) >= 11 is 1.58. The minimum atomic E-state index is 0.0414. The molecule has 0 saturated heterocycles. The summed E-state index contributed by atoms with van der Waals surface area (Å²) < 4.78 is 1.69. The number of hydrogen-bond acceptors (Lipinski definition) is 5. The molecule has 3 heterocycles. The number of aryl methyl sites for hydroxylation is 6. The highest BCUT2D eigenvalue weighted by Crippen LogP contribution is 2.25. The maximum atomic E-state index is 12.7. The van der Waals surface area contributed by atoms with Gasteiger partial charge in [0.15, 0.2) is 0 Å². The summed E-state index contributed by atoms with van der Waals surface area (Å²) in [6.07, 6.45) is 5.62. The van der Waals surface area contributed by atoms with Crippen molar-refractivity contribution in [3.05, 3.63) is 49.9 Å². The van der Waals surface area contributed by atoms with Crippen LogP contribution in [0.5, 0.6) is 0 Å². The number of fused-ring (bicyclic) bond motifs is 2. The first-order valence-corrected chi connectivity index (χ1v) is 9.16. The first kappa shape index (κ1) is 15.4. The molecule has 0 bridgehead atoms. The van der Waals surface area contributed by atoms with E-state index in [1.165, 1.54) is 17.7 Å². The normalized spacial score (nSPS) is 13.6. The van der Waals surface area contributed by atoms with E-state index in [1.54, 1.807) is 22.2 Å². The van der Waals surface area contributed by atoms with E-state index < -0.39 is 0 Å². The summed E-state index contributed by atoms with van der Waals surface area (Å²) in [5, 5.41) is 0.756. The second kappa shape index (κ2) is 5.77. The van der Waals surface area contributed by atoms with Crippen molar-refractivity contribution in [1.29, 1.82) is 0 Å². The molecule has 0 saturated carbocycles. The Hall–Kier alpha value is -2.08. The molecule has 0 atom stereocenters. The first-order chi connectivity index (χ1) is 11.5. The van der Waals surface area contributed by atoms with Gasteiger partial charge >= 0.3 is 0 Å². The van der Waals surface area contributed by atoms with Crippen LogP contribution in [0.1, 0.15) is 39.6 Å². The summed E-state index contributed by atoms with van der Waals surface area (Å²) in [6, 6.07) is 0. The van der Waals surface area contributed by atoms with Crippen LogP contribution in [0.4, 0.5) is 0 Å². The summed E-state index contributed by atoms with van der Waals surface area (Å²) in [5.74, 6) is 0.832. The van der Waals surface area contributed by atoms with Crippen LogP contribution in [-0.2, 0) is 25.8 Å². The van der Waals surface area contributed by atoms with Crippen LogP contribution in [0.15, 0.2) is 11.1 Å². The third kappa shape index (κ3) is 2.45. The number of aromatic nitrogens is 4. The molecule has 0 N–H and O–H groups in total. The van der Waals surface area contributed by atoms with Crippen LogP contribution < -0.4 is 5.56 Å². The highest BCUT2D eigenvalue weighted by Gasteiger charge is 2.17. The Morgan fingerprint density at radius 1 is 1.21 bits per heavy atom. The zero-order valence-electron chi connectivity index (χ0n) is 14.2. The fourth-order valence-corrected chi connectivity index (χ4v) is 4.43. The fraction of sp³-hybridized carbons (Fsp3) is 0.444. The molecular weight excluding hydrogens is 320 g/mol. The molecule has 0 radical (unpaired) electrons. The Balaban J connectivity index is 1.64. The number of hydrogen-bond donors (Lipinski definition) is 0. The largest absolute Gasteiger partial charge is 0.298 e. The van der Waals surface area contributed by atoms with Gasteiger partial charge in [-0.05, 0) is 51.2 Å². The smallest absolute Gasteiger partial charge is 0.262 e. The maximum Gasteiger partial charge on any atom is 0.262 e. The fourth-order valence-electron chi connectivity index (χ4n) is 3.44. The lowest BCUT2D eigenvalue weighted by Crippen LogP contribution is -2.22. The van der Waals surface area contributed by atoms with Gasteiger partial charge in [0.25, 0.3) is 5.56 Å². The molecule has 24 heavy (non-hydrogen) atoms. The van der Waals surface area contributed by atoms with Crippen molar-refractivity contribution in [3.63, 3.8) is 0 Å². The lowest BCUT2D eigenvalue weighted by molar-refractivity contribution is 0.639. The molecule has 1 aliphatic rings. The highest BCUT2D eigenvalue weighted by atomic mass is 32.1. The molecule has 0 unspecified atom stereocenters. The topological polar surface area (TPSA) is 60.7 Å². The summed E-state index contributed by atoms with van der Waals surface area (Å²) in [6.45, 7) is 6.65. The Morgan fingerprint density at radius 3 is 2.88 bits per heavy atom. The van der Waals surface area contributed by atoms with Gasteiger partial charge in [-0.15, -0.1) is 11.3 Å². The van der Waals surface area contributed by atoms with Gasteiger partial charge in [-0.1, -0.05) is 0 Å². The Bertz CT molecular complexity index is 1000. The van der Waals surface area contributed by atoms with Crippen molar-refractivity contribution in [2.24, 2.45) is 0 Å². The monoisotopic (exact) mass is 340 g/mol. The van der Waals surface area contributed by atoms with Crippen LogP contribution in [-0.4, -0.2) is 19.5 Å². The first-order valence-electron chi connectivity index (χ1n) is 8.35. The number of nitrogens with zero attached hydrogens (tertiary/aromatic N) is 4. The molecule has 0 amide bonds. The average molecular weight is 340 g/mol. The van der Waals surface area contributed by atoms with Gasteiger partial charge in [-0.2, -0.15) is 0 Å². The molecule has 1 aliphatic carbocycles. The maximum absolute atomic E-state index is 12.7. The molecular formula is C18H20N4OS. The molecule has 5 nitrogen and oxygen atoms in total. The van der Waals surface area contributed by atoms with Crippen LogP contribution in [0.25, 0.3) is 10.2 Å². The van der Waals surface area contributed by atoms with Crippen molar-refractivity contribution in [1.82, 2.24) is 19.5 Å². The standard InChI is InChI=1S/C18H20N4OS/c1-10-12(3)24-17-16(10)18(23)22(9-19-17)8-7-15-20-11(2)13-5-4-6-14(13)21-15/h9H,4-8H2,1-3H3. The van der Waals surface area contributed by atoms with E-state index in [0.717, 1.165) is 45.0 Å². The zero-order chi connectivity index (χ0) is 16.8. The second-order valence-corrected chi connectivity index (χ2v) is 7.66. The van der Waals surface area contributed by atoms with Gasteiger partial charge in [0, 0.05) is 29.2 Å². The summed E-state index contributed by atoms with van der Waals surface area (Å²) in [7, 11) is 0. The van der Waals surface area contributed by atoms with E-state index in [4.69, 9.17) is 4.98 Å². The Morgan fingerprint density at radius 2 is 2.04 bits per heavy atom.